The molecule has 0 aliphatic rings. The third-order valence-electron chi connectivity index (χ3n) is 3.23. The Morgan fingerprint density at radius 3 is 2.43 bits per heavy atom. The zero-order valence-corrected chi connectivity index (χ0v) is 14.9. The van der Waals surface area contributed by atoms with Crippen LogP contribution in [-0.2, 0) is 11.3 Å². The first-order valence-corrected chi connectivity index (χ1v) is 8.26. The van der Waals surface area contributed by atoms with Crippen LogP contribution in [0.3, 0.4) is 0 Å². The van der Waals surface area contributed by atoms with E-state index in [-0.39, 0.29) is 6.61 Å². The molecule has 0 saturated carbocycles. The minimum Gasteiger partial charge on any atom is -0.457 e. The first-order valence-electron chi connectivity index (χ1n) is 6.68. The molecule has 116 valence electrons. The molecule has 0 unspecified atom stereocenters. The van der Waals surface area contributed by atoms with Gasteiger partial charge in [-0.1, -0.05) is 31.9 Å². The van der Waals surface area contributed by atoms with Gasteiger partial charge >= 0.3 is 11.6 Å². The number of carbonyl (C=O) groups is 1. The Morgan fingerprint density at radius 1 is 1.00 bits per heavy atom. The van der Waals surface area contributed by atoms with E-state index in [0.29, 0.717) is 16.7 Å². The van der Waals surface area contributed by atoms with Crippen LogP contribution in [0.4, 0.5) is 0 Å². The average Bonchev–Trinajstić information content (AvgIpc) is 2.52. The first kappa shape index (κ1) is 16.0. The molecule has 3 aromatic rings. The highest BCUT2D eigenvalue weighted by atomic mass is 79.9. The summed E-state index contributed by atoms with van der Waals surface area (Å²) in [5.74, 6) is -0.448. The number of ether oxygens (including phenoxy) is 1. The molecule has 0 radical (unpaired) electrons. The summed E-state index contributed by atoms with van der Waals surface area (Å²) >= 11 is 6.64. The molecule has 2 aromatic carbocycles. The van der Waals surface area contributed by atoms with E-state index in [1.54, 1.807) is 30.3 Å². The summed E-state index contributed by atoms with van der Waals surface area (Å²) in [6.07, 6.45) is 0. The van der Waals surface area contributed by atoms with Gasteiger partial charge in [-0.15, -0.1) is 0 Å². The molecule has 1 heterocycles. The Balaban J connectivity index is 1.85. The van der Waals surface area contributed by atoms with Gasteiger partial charge in [-0.05, 0) is 42.5 Å². The average molecular weight is 438 g/mol. The normalized spacial score (nSPS) is 10.7. The lowest BCUT2D eigenvalue weighted by Gasteiger charge is -2.07. The van der Waals surface area contributed by atoms with E-state index in [9.17, 15) is 9.59 Å². The Bertz CT molecular complexity index is 929. The van der Waals surface area contributed by atoms with Crippen LogP contribution in [0.1, 0.15) is 15.9 Å². The molecular weight excluding hydrogens is 428 g/mol. The topological polar surface area (TPSA) is 56.5 Å². The maximum absolute atomic E-state index is 12.1. The lowest BCUT2D eigenvalue weighted by atomic mass is 10.1. The Hall–Kier alpha value is -1.92. The van der Waals surface area contributed by atoms with Crippen LogP contribution < -0.4 is 5.63 Å². The monoisotopic (exact) mass is 436 g/mol. The van der Waals surface area contributed by atoms with Crippen LogP contribution in [0.5, 0.6) is 0 Å². The summed E-state index contributed by atoms with van der Waals surface area (Å²) in [7, 11) is 0. The second-order valence-electron chi connectivity index (χ2n) is 4.81. The molecule has 0 spiro atoms. The maximum atomic E-state index is 12.1. The molecule has 0 aliphatic carbocycles. The van der Waals surface area contributed by atoms with Crippen molar-refractivity contribution in [2.75, 3.05) is 0 Å². The minimum absolute atomic E-state index is 0.00136. The number of benzene rings is 2. The van der Waals surface area contributed by atoms with Crippen LogP contribution in [0.2, 0.25) is 0 Å². The summed E-state index contributed by atoms with van der Waals surface area (Å²) < 4.78 is 12.1. The van der Waals surface area contributed by atoms with E-state index in [2.05, 4.69) is 31.9 Å². The molecule has 0 fully saturated rings. The van der Waals surface area contributed by atoms with Crippen molar-refractivity contribution in [3.8, 4) is 0 Å². The summed E-state index contributed by atoms with van der Waals surface area (Å²) in [5, 5.41) is 0.733. The molecule has 0 aliphatic heterocycles. The van der Waals surface area contributed by atoms with Crippen LogP contribution >= 0.6 is 31.9 Å². The number of esters is 1. The Labute approximate surface area is 148 Å². The fourth-order valence-corrected chi connectivity index (χ4v) is 2.74. The zero-order valence-electron chi connectivity index (χ0n) is 11.7. The van der Waals surface area contributed by atoms with Crippen molar-refractivity contribution in [1.82, 2.24) is 0 Å². The van der Waals surface area contributed by atoms with Crippen LogP contribution in [0, 0.1) is 0 Å². The molecule has 4 nitrogen and oxygen atoms in total. The highest BCUT2D eigenvalue weighted by Crippen LogP contribution is 2.22. The molecule has 0 saturated heterocycles. The van der Waals surface area contributed by atoms with Crippen molar-refractivity contribution >= 4 is 48.8 Å². The van der Waals surface area contributed by atoms with E-state index in [4.69, 9.17) is 9.15 Å². The third-order valence-corrected chi connectivity index (χ3v) is 4.25. The number of fused-ring (bicyclic) bond motifs is 1. The van der Waals surface area contributed by atoms with Gasteiger partial charge in [0.05, 0.1) is 5.56 Å². The van der Waals surface area contributed by atoms with Crippen molar-refractivity contribution in [2.45, 2.75) is 6.61 Å². The molecular formula is C17H10Br2O4. The summed E-state index contributed by atoms with van der Waals surface area (Å²) in [6, 6.07) is 13.6. The van der Waals surface area contributed by atoms with E-state index in [0.717, 1.165) is 14.3 Å². The summed E-state index contributed by atoms with van der Waals surface area (Å²) in [6.45, 7) is -0.00136. The van der Waals surface area contributed by atoms with Gasteiger partial charge in [-0.2, -0.15) is 0 Å². The fourth-order valence-electron chi connectivity index (χ4n) is 2.14. The predicted molar refractivity (Wildman–Crippen MR) is 93.4 cm³/mol. The Kier molecular flexibility index (Phi) is 4.63. The van der Waals surface area contributed by atoms with Gasteiger partial charge in [0.15, 0.2) is 0 Å². The minimum atomic E-state index is -0.481. The second-order valence-corrected chi connectivity index (χ2v) is 6.65. The first-order chi connectivity index (χ1) is 11.0. The van der Waals surface area contributed by atoms with Gasteiger partial charge in [0.25, 0.3) is 0 Å². The number of carbonyl (C=O) groups excluding carboxylic acids is 1. The second kappa shape index (κ2) is 6.68. The SMILES string of the molecule is O=C(OCc1cc(=O)oc2cc(Br)ccc12)c1ccc(Br)cc1. The maximum Gasteiger partial charge on any atom is 0.338 e. The highest BCUT2D eigenvalue weighted by Gasteiger charge is 2.11. The zero-order chi connectivity index (χ0) is 16.4. The Morgan fingerprint density at radius 2 is 1.70 bits per heavy atom. The van der Waals surface area contributed by atoms with Crippen molar-refractivity contribution in [3.05, 3.63) is 79.0 Å². The molecule has 0 bridgehead atoms. The predicted octanol–water partition coefficient (Wildman–Crippen LogP) is 4.68. The largest absolute Gasteiger partial charge is 0.457 e. The van der Waals surface area contributed by atoms with E-state index in [1.807, 2.05) is 12.1 Å². The third kappa shape index (κ3) is 3.71. The van der Waals surface area contributed by atoms with Crippen LogP contribution in [0.25, 0.3) is 11.0 Å². The number of rotatable bonds is 3. The standard InChI is InChI=1S/C17H10Br2O4/c18-12-3-1-10(2-4-12)17(21)22-9-11-7-16(20)23-15-8-13(19)5-6-14(11)15/h1-8H,9H2. The van der Waals surface area contributed by atoms with Gasteiger partial charge in [-0.3, -0.25) is 0 Å². The van der Waals surface area contributed by atoms with Gasteiger partial charge in [0.1, 0.15) is 12.2 Å². The van der Waals surface area contributed by atoms with Gasteiger partial charge in [0.2, 0.25) is 0 Å². The molecule has 0 atom stereocenters. The highest BCUT2D eigenvalue weighted by molar-refractivity contribution is 9.10. The summed E-state index contributed by atoms with van der Waals surface area (Å²) in [4.78, 5) is 23.7. The van der Waals surface area contributed by atoms with Gasteiger partial charge < -0.3 is 9.15 Å². The van der Waals surface area contributed by atoms with Crippen LogP contribution in [-0.4, -0.2) is 5.97 Å². The molecule has 0 amide bonds. The number of hydrogen-bond donors (Lipinski definition) is 0. The number of halogens is 2. The lowest BCUT2D eigenvalue weighted by molar-refractivity contribution is 0.0474. The van der Waals surface area contributed by atoms with Crippen molar-refractivity contribution in [3.63, 3.8) is 0 Å². The smallest absolute Gasteiger partial charge is 0.338 e. The van der Waals surface area contributed by atoms with Crippen molar-refractivity contribution in [2.24, 2.45) is 0 Å². The van der Waals surface area contributed by atoms with E-state index < -0.39 is 11.6 Å². The molecule has 1 aromatic heterocycles. The van der Waals surface area contributed by atoms with Gasteiger partial charge in [0, 0.05) is 26.0 Å². The molecule has 23 heavy (non-hydrogen) atoms. The van der Waals surface area contributed by atoms with Gasteiger partial charge in [-0.25, -0.2) is 9.59 Å². The quantitative estimate of drug-likeness (QED) is 0.441. The number of hydrogen-bond acceptors (Lipinski definition) is 4. The van der Waals surface area contributed by atoms with Crippen molar-refractivity contribution in [1.29, 1.82) is 0 Å². The van der Waals surface area contributed by atoms with Crippen molar-refractivity contribution < 1.29 is 13.9 Å². The van der Waals surface area contributed by atoms with Crippen LogP contribution in [0.15, 0.2) is 66.7 Å². The fraction of sp³-hybridized carbons (Fsp3) is 0.0588. The molecule has 3 rings (SSSR count). The molecule has 0 N–H and O–H groups in total. The lowest BCUT2D eigenvalue weighted by Crippen LogP contribution is -2.07. The van der Waals surface area contributed by atoms with E-state index in [1.165, 1.54) is 6.07 Å². The van der Waals surface area contributed by atoms with E-state index >= 15 is 0 Å². The molecule has 6 heteroatoms. The summed E-state index contributed by atoms with van der Waals surface area (Å²) in [5.41, 5.74) is 1.02.